The summed E-state index contributed by atoms with van der Waals surface area (Å²) >= 11 is 0. The molecule has 0 unspecified atom stereocenters. The maximum atomic E-state index is 13.7. The first-order valence-corrected chi connectivity index (χ1v) is 11.0. The minimum atomic E-state index is -0.0787. The zero-order valence-electron chi connectivity index (χ0n) is 17.7. The Morgan fingerprint density at radius 3 is 2.09 bits per heavy atom. The highest BCUT2D eigenvalue weighted by Crippen LogP contribution is 2.39. The predicted molar refractivity (Wildman–Crippen MR) is 135 cm³/mol. The lowest BCUT2D eigenvalue weighted by atomic mass is 9.92. The van der Waals surface area contributed by atoms with Crippen molar-refractivity contribution in [1.29, 1.82) is 0 Å². The van der Waals surface area contributed by atoms with E-state index in [-0.39, 0.29) is 5.91 Å². The SMILES string of the molecule is O=C(c1ccccc1)n1c(-c2ccc3ccc4cccc5ccc2c3c45)nc2ccccc21. The predicted octanol–water partition coefficient (Wildman–Crippen LogP) is 7.29. The molecule has 3 nitrogen and oxygen atoms in total. The summed E-state index contributed by atoms with van der Waals surface area (Å²) < 4.78 is 1.76. The molecule has 7 aromatic rings. The van der Waals surface area contributed by atoms with Gasteiger partial charge in [0.2, 0.25) is 0 Å². The molecule has 0 N–H and O–H groups in total. The smallest absolute Gasteiger partial charge is 0.264 e. The zero-order chi connectivity index (χ0) is 21.9. The summed E-state index contributed by atoms with van der Waals surface area (Å²) in [6.45, 7) is 0. The van der Waals surface area contributed by atoms with Gasteiger partial charge in [-0.2, -0.15) is 0 Å². The van der Waals surface area contributed by atoms with Gasteiger partial charge in [0, 0.05) is 11.1 Å². The molecular formula is C30H18N2O. The average molecular weight is 422 g/mol. The summed E-state index contributed by atoms with van der Waals surface area (Å²) in [4.78, 5) is 18.7. The Labute approximate surface area is 189 Å². The van der Waals surface area contributed by atoms with Crippen molar-refractivity contribution in [2.75, 3.05) is 0 Å². The summed E-state index contributed by atoms with van der Waals surface area (Å²) in [5.74, 6) is 0.591. The Morgan fingerprint density at radius 1 is 0.606 bits per heavy atom. The highest BCUT2D eigenvalue weighted by atomic mass is 16.2. The number of para-hydroxylation sites is 2. The number of hydrogen-bond acceptors (Lipinski definition) is 2. The fourth-order valence-electron chi connectivity index (χ4n) is 5.05. The Morgan fingerprint density at radius 2 is 1.27 bits per heavy atom. The van der Waals surface area contributed by atoms with Crippen molar-refractivity contribution in [3.8, 4) is 11.4 Å². The third-order valence-electron chi connectivity index (χ3n) is 6.55. The molecule has 0 atom stereocenters. The van der Waals surface area contributed by atoms with Crippen LogP contribution in [0.1, 0.15) is 10.4 Å². The minimum Gasteiger partial charge on any atom is -0.268 e. The molecule has 0 radical (unpaired) electrons. The fraction of sp³-hybridized carbons (Fsp3) is 0. The van der Waals surface area contributed by atoms with Gasteiger partial charge in [-0.3, -0.25) is 9.36 Å². The van der Waals surface area contributed by atoms with Crippen LogP contribution in [-0.2, 0) is 0 Å². The summed E-state index contributed by atoms with van der Waals surface area (Å²) in [5.41, 5.74) is 3.22. The number of rotatable bonds is 2. The molecule has 0 saturated heterocycles. The van der Waals surface area contributed by atoms with Crippen molar-refractivity contribution < 1.29 is 4.79 Å². The van der Waals surface area contributed by atoms with E-state index in [4.69, 9.17) is 4.98 Å². The second-order valence-electron chi connectivity index (χ2n) is 8.40. The topological polar surface area (TPSA) is 34.9 Å². The van der Waals surface area contributed by atoms with Crippen LogP contribution in [0.3, 0.4) is 0 Å². The second kappa shape index (κ2) is 6.75. The van der Waals surface area contributed by atoms with E-state index in [1.165, 1.54) is 26.9 Å². The molecule has 0 aliphatic carbocycles. The van der Waals surface area contributed by atoms with Crippen molar-refractivity contribution in [3.63, 3.8) is 0 Å². The number of fused-ring (bicyclic) bond motifs is 1. The monoisotopic (exact) mass is 422 g/mol. The first kappa shape index (κ1) is 18.1. The van der Waals surface area contributed by atoms with Crippen LogP contribution in [0.15, 0.2) is 109 Å². The van der Waals surface area contributed by atoms with Crippen LogP contribution < -0.4 is 0 Å². The van der Waals surface area contributed by atoms with E-state index in [1.54, 1.807) is 4.57 Å². The van der Waals surface area contributed by atoms with Gasteiger partial charge in [-0.15, -0.1) is 0 Å². The van der Waals surface area contributed by atoms with E-state index in [2.05, 4.69) is 54.6 Å². The van der Waals surface area contributed by atoms with Gasteiger partial charge < -0.3 is 0 Å². The molecule has 154 valence electrons. The Balaban J connectivity index is 1.59. The van der Waals surface area contributed by atoms with E-state index < -0.39 is 0 Å². The van der Waals surface area contributed by atoms with Gasteiger partial charge in [-0.1, -0.05) is 78.9 Å². The van der Waals surface area contributed by atoms with Crippen LogP contribution in [-0.4, -0.2) is 15.5 Å². The summed E-state index contributed by atoms with van der Waals surface area (Å²) in [6.07, 6.45) is 0. The molecule has 0 aliphatic rings. The molecule has 0 bridgehead atoms. The quantitative estimate of drug-likeness (QED) is 0.274. The number of hydrogen-bond donors (Lipinski definition) is 0. The highest BCUT2D eigenvalue weighted by molar-refractivity contribution is 6.25. The molecule has 33 heavy (non-hydrogen) atoms. The number of nitrogens with zero attached hydrogens (tertiary/aromatic N) is 2. The lowest BCUT2D eigenvalue weighted by molar-refractivity contribution is 0.0966. The van der Waals surface area contributed by atoms with Gasteiger partial charge >= 0.3 is 0 Å². The molecule has 7 rings (SSSR count). The fourth-order valence-corrected chi connectivity index (χ4v) is 5.05. The van der Waals surface area contributed by atoms with Crippen molar-refractivity contribution >= 4 is 49.3 Å². The van der Waals surface area contributed by atoms with Crippen molar-refractivity contribution in [3.05, 3.63) is 115 Å². The van der Waals surface area contributed by atoms with Crippen LogP contribution in [0.25, 0.3) is 54.7 Å². The van der Waals surface area contributed by atoms with Gasteiger partial charge in [0.1, 0.15) is 5.82 Å². The lowest BCUT2D eigenvalue weighted by Crippen LogP contribution is -2.13. The highest BCUT2D eigenvalue weighted by Gasteiger charge is 2.21. The van der Waals surface area contributed by atoms with E-state index in [0.717, 1.165) is 22.0 Å². The molecule has 6 aromatic carbocycles. The van der Waals surface area contributed by atoms with Crippen LogP contribution in [0.4, 0.5) is 0 Å². The number of carbonyl (C=O) groups excluding carboxylic acids is 1. The maximum Gasteiger partial charge on any atom is 0.264 e. The van der Waals surface area contributed by atoms with Crippen LogP contribution >= 0.6 is 0 Å². The molecular weight excluding hydrogens is 404 g/mol. The Kier molecular flexibility index (Phi) is 3.70. The van der Waals surface area contributed by atoms with Crippen LogP contribution in [0.5, 0.6) is 0 Å². The number of carbonyl (C=O) groups is 1. The summed E-state index contributed by atoms with van der Waals surface area (Å²) in [6, 6.07) is 36.6. The van der Waals surface area contributed by atoms with E-state index >= 15 is 0 Å². The molecule has 0 saturated carbocycles. The number of aromatic nitrogens is 2. The first-order chi connectivity index (χ1) is 16.3. The first-order valence-electron chi connectivity index (χ1n) is 11.0. The van der Waals surface area contributed by atoms with Crippen molar-refractivity contribution in [2.45, 2.75) is 0 Å². The maximum absolute atomic E-state index is 13.7. The molecule has 0 spiro atoms. The minimum absolute atomic E-state index is 0.0787. The third-order valence-corrected chi connectivity index (χ3v) is 6.55. The van der Waals surface area contributed by atoms with Gasteiger partial charge in [-0.25, -0.2) is 4.98 Å². The Bertz CT molecular complexity index is 1810. The average Bonchev–Trinajstić information content (AvgIpc) is 3.26. The van der Waals surface area contributed by atoms with Crippen LogP contribution in [0.2, 0.25) is 0 Å². The van der Waals surface area contributed by atoms with Crippen molar-refractivity contribution in [2.24, 2.45) is 0 Å². The van der Waals surface area contributed by atoms with E-state index in [0.29, 0.717) is 11.4 Å². The molecule has 0 aliphatic heterocycles. The van der Waals surface area contributed by atoms with Gasteiger partial charge in [0.15, 0.2) is 0 Å². The summed E-state index contributed by atoms with van der Waals surface area (Å²) in [7, 11) is 0. The normalized spacial score (nSPS) is 11.8. The molecule has 1 aromatic heterocycles. The Hall–Kier alpha value is -4.50. The number of benzene rings is 6. The molecule has 1 heterocycles. The summed E-state index contributed by atoms with van der Waals surface area (Å²) in [5, 5.41) is 7.21. The lowest BCUT2D eigenvalue weighted by Gasteiger charge is -2.14. The standard InChI is InChI=1S/C30H18N2O/c33-30(22-7-2-1-3-8-22)32-26-12-5-4-11-25(26)31-29(32)24-18-16-21-14-13-19-9-6-10-20-15-17-23(24)28(21)27(19)20/h1-18H. The third kappa shape index (κ3) is 2.56. The molecule has 3 heteroatoms. The molecule has 0 amide bonds. The second-order valence-corrected chi connectivity index (χ2v) is 8.40. The van der Waals surface area contributed by atoms with Gasteiger partial charge in [0.25, 0.3) is 5.91 Å². The zero-order valence-corrected chi connectivity index (χ0v) is 17.7. The van der Waals surface area contributed by atoms with E-state index in [1.807, 2.05) is 54.6 Å². The van der Waals surface area contributed by atoms with Crippen LogP contribution in [0, 0.1) is 0 Å². The largest absolute Gasteiger partial charge is 0.268 e. The van der Waals surface area contributed by atoms with Gasteiger partial charge in [0.05, 0.1) is 11.0 Å². The van der Waals surface area contributed by atoms with Crippen molar-refractivity contribution in [1.82, 2.24) is 9.55 Å². The number of imidazole rings is 1. The molecule has 0 fully saturated rings. The van der Waals surface area contributed by atoms with Gasteiger partial charge in [-0.05, 0) is 62.6 Å². The van der Waals surface area contributed by atoms with E-state index in [9.17, 15) is 4.79 Å².